The molecule has 0 aliphatic carbocycles. The molecule has 2 unspecified atom stereocenters. The average molecular weight is 303 g/mol. The second kappa shape index (κ2) is 7.65. The molecule has 118 valence electrons. The van der Waals surface area contributed by atoms with Gasteiger partial charge in [-0.15, -0.1) is 5.10 Å². The Morgan fingerprint density at radius 3 is 2.64 bits per heavy atom. The van der Waals surface area contributed by atoms with Gasteiger partial charge in [-0.25, -0.2) is 4.68 Å². The van der Waals surface area contributed by atoms with E-state index < -0.39 is 0 Å². The molecule has 1 heterocycles. The lowest BCUT2D eigenvalue weighted by Crippen LogP contribution is -2.41. The minimum atomic E-state index is -0.224. The van der Waals surface area contributed by atoms with Gasteiger partial charge < -0.3 is 10.4 Å². The van der Waals surface area contributed by atoms with Crippen molar-refractivity contribution >= 4 is 5.91 Å². The average Bonchev–Trinajstić information content (AvgIpc) is 3.05. The number of carbonyl (C=O) groups excluding carboxylic acids is 1. The fraction of sp³-hybridized carbons (Fsp3) is 0.467. The largest absolute Gasteiger partial charge is 0.394 e. The van der Waals surface area contributed by atoms with Crippen molar-refractivity contribution in [3.63, 3.8) is 0 Å². The molecule has 1 aromatic carbocycles. The van der Waals surface area contributed by atoms with Crippen LogP contribution in [0.4, 0.5) is 0 Å². The number of tetrazole rings is 1. The molecule has 0 saturated carbocycles. The van der Waals surface area contributed by atoms with E-state index in [2.05, 4.69) is 20.8 Å². The van der Waals surface area contributed by atoms with Crippen LogP contribution in [0.1, 0.15) is 36.2 Å². The summed E-state index contributed by atoms with van der Waals surface area (Å²) in [7, 11) is 0. The highest BCUT2D eigenvalue weighted by Gasteiger charge is 2.18. The summed E-state index contributed by atoms with van der Waals surface area (Å²) < 4.78 is 1.61. The first-order chi connectivity index (χ1) is 10.6. The van der Waals surface area contributed by atoms with E-state index in [-0.39, 0.29) is 24.5 Å². The van der Waals surface area contributed by atoms with Crippen LogP contribution in [0.3, 0.4) is 0 Å². The molecule has 0 bridgehead atoms. The third-order valence-electron chi connectivity index (χ3n) is 3.80. The van der Waals surface area contributed by atoms with Crippen molar-refractivity contribution in [1.29, 1.82) is 0 Å². The highest BCUT2D eigenvalue weighted by atomic mass is 16.3. The van der Waals surface area contributed by atoms with Crippen LogP contribution in [0.5, 0.6) is 0 Å². The number of aliphatic hydroxyl groups excluding tert-OH is 1. The zero-order valence-corrected chi connectivity index (χ0v) is 12.8. The molecule has 2 N–H and O–H groups in total. The number of rotatable bonds is 7. The number of aliphatic hydroxyl groups is 1. The summed E-state index contributed by atoms with van der Waals surface area (Å²) in [6, 6.07) is 7.04. The van der Waals surface area contributed by atoms with Crippen molar-refractivity contribution in [3.05, 3.63) is 41.7 Å². The van der Waals surface area contributed by atoms with Gasteiger partial charge in [-0.3, -0.25) is 4.79 Å². The first kappa shape index (κ1) is 16.1. The maximum Gasteiger partial charge on any atom is 0.251 e. The SMILES string of the molecule is CCC(C)C(CO)NC(=O)c1ccc(Cn2cnnn2)cc1. The molecule has 0 aliphatic rings. The molecule has 0 fully saturated rings. The van der Waals surface area contributed by atoms with Gasteiger partial charge in [0.25, 0.3) is 5.91 Å². The molecule has 22 heavy (non-hydrogen) atoms. The first-order valence-corrected chi connectivity index (χ1v) is 7.35. The molecule has 0 spiro atoms. The van der Waals surface area contributed by atoms with Crippen molar-refractivity contribution in [3.8, 4) is 0 Å². The Hall–Kier alpha value is -2.28. The van der Waals surface area contributed by atoms with Crippen molar-refractivity contribution in [1.82, 2.24) is 25.5 Å². The fourth-order valence-corrected chi connectivity index (χ4v) is 2.11. The minimum Gasteiger partial charge on any atom is -0.394 e. The third-order valence-corrected chi connectivity index (χ3v) is 3.80. The van der Waals surface area contributed by atoms with Gasteiger partial charge in [-0.05, 0) is 34.0 Å². The highest BCUT2D eigenvalue weighted by molar-refractivity contribution is 5.94. The molecule has 1 aromatic heterocycles. The quantitative estimate of drug-likeness (QED) is 0.791. The molecule has 2 atom stereocenters. The predicted molar refractivity (Wildman–Crippen MR) is 81.2 cm³/mol. The van der Waals surface area contributed by atoms with Gasteiger partial charge in [0.2, 0.25) is 0 Å². The number of hydrogen-bond acceptors (Lipinski definition) is 5. The normalized spacial score (nSPS) is 13.6. The number of nitrogens with zero attached hydrogens (tertiary/aromatic N) is 4. The van der Waals surface area contributed by atoms with Gasteiger partial charge in [0.15, 0.2) is 0 Å². The van der Waals surface area contributed by atoms with Crippen molar-refractivity contribution in [2.45, 2.75) is 32.9 Å². The predicted octanol–water partition coefficient (Wildman–Crippen LogP) is 0.858. The zero-order valence-electron chi connectivity index (χ0n) is 12.8. The topological polar surface area (TPSA) is 92.9 Å². The molecule has 0 saturated heterocycles. The lowest BCUT2D eigenvalue weighted by atomic mass is 9.99. The van der Waals surface area contributed by atoms with Crippen LogP contribution >= 0.6 is 0 Å². The lowest BCUT2D eigenvalue weighted by Gasteiger charge is -2.22. The van der Waals surface area contributed by atoms with Crippen LogP contribution in [0, 0.1) is 5.92 Å². The molecule has 7 heteroatoms. The monoisotopic (exact) mass is 303 g/mol. The Morgan fingerprint density at radius 2 is 2.09 bits per heavy atom. The summed E-state index contributed by atoms with van der Waals surface area (Å²) in [6.45, 7) is 4.54. The van der Waals surface area contributed by atoms with Crippen LogP contribution in [-0.2, 0) is 6.54 Å². The van der Waals surface area contributed by atoms with E-state index in [0.29, 0.717) is 12.1 Å². The van der Waals surface area contributed by atoms with Gasteiger partial charge in [-0.2, -0.15) is 0 Å². The molecule has 1 amide bonds. The van der Waals surface area contributed by atoms with E-state index in [9.17, 15) is 9.90 Å². The Labute approximate surface area is 129 Å². The van der Waals surface area contributed by atoms with Crippen LogP contribution < -0.4 is 5.32 Å². The number of hydrogen-bond donors (Lipinski definition) is 2. The summed E-state index contributed by atoms with van der Waals surface area (Å²) in [5.41, 5.74) is 1.58. The van der Waals surface area contributed by atoms with E-state index in [4.69, 9.17) is 0 Å². The Morgan fingerprint density at radius 1 is 1.36 bits per heavy atom. The Bertz CT molecular complexity index is 582. The van der Waals surface area contributed by atoms with Crippen LogP contribution in [0.25, 0.3) is 0 Å². The minimum absolute atomic E-state index is 0.0574. The number of amides is 1. The molecule has 0 aliphatic heterocycles. The summed E-state index contributed by atoms with van der Waals surface area (Å²) in [6.07, 6.45) is 2.44. The summed E-state index contributed by atoms with van der Waals surface area (Å²) >= 11 is 0. The molecule has 0 radical (unpaired) electrons. The maximum atomic E-state index is 12.2. The number of benzene rings is 1. The smallest absolute Gasteiger partial charge is 0.251 e. The lowest BCUT2D eigenvalue weighted by molar-refractivity contribution is 0.0891. The van der Waals surface area contributed by atoms with E-state index in [0.717, 1.165) is 12.0 Å². The van der Waals surface area contributed by atoms with Gasteiger partial charge >= 0.3 is 0 Å². The summed E-state index contributed by atoms with van der Waals surface area (Å²) in [5, 5.41) is 23.2. The van der Waals surface area contributed by atoms with Gasteiger partial charge in [-0.1, -0.05) is 32.4 Å². The van der Waals surface area contributed by atoms with Crippen molar-refractivity contribution in [2.24, 2.45) is 5.92 Å². The van der Waals surface area contributed by atoms with Crippen LogP contribution in [-0.4, -0.2) is 43.9 Å². The van der Waals surface area contributed by atoms with E-state index in [1.807, 2.05) is 26.0 Å². The molecule has 2 rings (SSSR count). The molecular formula is C15H21N5O2. The van der Waals surface area contributed by atoms with Gasteiger partial charge in [0.05, 0.1) is 19.2 Å². The second-order valence-corrected chi connectivity index (χ2v) is 5.35. The number of nitrogens with one attached hydrogen (secondary N) is 1. The second-order valence-electron chi connectivity index (χ2n) is 5.35. The first-order valence-electron chi connectivity index (χ1n) is 7.35. The fourth-order valence-electron chi connectivity index (χ4n) is 2.11. The van der Waals surface area contributed by atoms with E-state index in [1.54, 1.807) is 23.1 Å². The molecule has 2 aromatic rings. The molecule has 7 nitrogen and oxygen atoms in total. The number of carbonyl (C=O) groups is 1. The van der Waals surface area contributed by atoms with Crippen LogP contribution in [0.2, 0.25) is 0 Å². The number of aromatic nitrogens is 4. The Balaban J connectivity index is 1.98. The maximum absolute atomic E-state index is 12.2. The van der Waals surface area contributed by atoms with Gasteiger partial charge in [0.1, 0.15) is 6.33 Å². The zero-order chi connectivity index (χ0) is 15.9. The summed E-state index contributed by atoms with van der Waals surface area (Å²) in [4.78, 5) is 12.2. The third kappa shape index (κ3) is 4.11. The van der Waals surface area contributed by atoms with Crippen molar-refractivity contribution in [2.75, 3.05) is 6.61 Å². The molecular weight excluding hydrogens is 282 g/mol. The Kier molecular flexibility index (Phi) is 5.60. The van der Waals surface area contributed by atoms with Crippen molar-refractivity contribution < 1.29 is 9.90 Å². The standard InChI is InChI=1S/C15H21N5O2/c1-3-11(2)14(9-21)17-15(22)13-6-4-12(5-7-13)8-20-10-16-18-19-20/h4-7,10-11,14,21H,3,8-9H2,1-2H3,(H,17,22). The van der Waals surface area contributed by atoms with E-state index >= 15 is 0 Å². The van der Waals surface area contributed by atoms with E-state index in [1.165, 1.54) is 0 Å². The van der Waals surface area contributed by atoms with Gasteiger partial charge in [0, 0.05) is 5.56 Å². The van der Waals surface area contributed by atoms with Crippen LogP contribution in [0.15, 0.2) is 30.6 Å². The summed E-state index contributed by atoms with van der Waals surface area (Å²) in [5.74, 6) is 0.0568. The highest BCUT2D eigenvalue weighted by Crippen LogP contribution is 2.10.